The molecule has 0 unspecified atom stereocenters. The Kier molecular flexibility index (Phi) is 5.66. The summed E-state index contributed by atoms with van der Waals surface area (Å²) in [5.41, 5.74) is 10.1. The van der Waals surface area contributed by atoms with E-state index in [2.05, 4.69) is 52.5 Å². The van der Waals surface area contributed by atoms with Gasteiger partial charge in [0, 0.05) is 25.0 Å². The predicted octanol–water partition coefficient (Wildman–Crippen LogP) is 2.70. The molecule has 1 fully saturated rings. The maximum absolute atomic E-state index is 11.4. The number of carbonyl (C=O) groups excluding carboxylic acids is 1. The smallest absolute Gasteiger partial charge is 0.221 e. The molecular weight excluding hydrogens is 312 g/mol. The Hall–Kier alpha value is -2.40. The lowest BCUT2D eigenvalue weighted by Gasteiger charge is -2.31. The second-order valence-corrected chi connectivity index (χ2v) is 6.80. The standard InChI is InChI=1S/C20H26N4O/c1-15-5-3-9-22-19(15)12-23-18-8-2-6-16(11-18)13-24-10-4-7-17(14-24)20(21)25/h2-3,5-6,8-9,11,17,23H,4,7,10,12-14H2,1H3,(H2,21,25)/t17-/m1/s1. The Morgan fingerprint density at radius 2 is 2.24 bits per heavy atom. The zero-order valence-corrected chi connectivity index (χ0v) is 14.7. The molecule has 0 bridgehead atoms. The van der Waals surface area contributed by atoms with Crippen LogP contribution in [0.4, 0.5) is 5.69 Å². The summed E-state index contributed by atoms with van der Waals surface area (Å²) in [4.78, 5) is 18.2. The van der Waals surface area contributed by atoms with Gasteiger partial charge in [-0.15, -0.1) is 0 Å². The number of hydrogen-bond acceptors (Lipinski definition) is 4. The molecule has 1 aromatic heterocycles. The molecular formula is C20H26N4O. The first kappa shape index (κ1) is 17.4. The van der Waals surface area contributed by atoms with E-state index in [1.807, 2.05) is 12.3 Å². The highest BCUT2D eigenvalue weighted by molar-refractivity contribution is 5.76. The van der Waals surface area contributed by atoms with Crippen LogP contribution in [0, 0.1) is 12.8 Å². The number of amides is 1. The highest BCUT2D eigenvalue weighted by Gasteiger charge is 2.23. The molecule has 25 heavy (non-hydrogen) atoms. The van der Waals surface area contributed by atoms with E-state index in [0.717, 1.165) is 43.9 Å². The first-order valence-corrected chi connectivity index (χ1v) is 8.87. The van der Waals surface area contributed by atoms with Gasteiger partial charge < -0.3 is 11.1 Å². The minimum atomic E-state index is -0.175. The van der Waals surface area contributed by atoms with E-state index >= 15 is 0 Å². The number of likely N-dealkylation sites (tertiary alicyclic amines) is 1. The van der Waals surface area contributed by atoms with Crippen LogP contribution in [0.2, 0.25) is 0 Å². The number of primary amides is 1. The molecule has 2 aromatic rings. The highest BCUT2D eigenvalue weighted by atomic mass is 16.1. The van der Waals surface area contributed by atoms with Crippen LogP contribution in [0.3, 0.4) is 0 Å². The summed E-state index contributed by atoms with van der Waals surface area (Å²) in [7, 11) is 0. The molecule has 5 heteroatoms. The van der Waals surface area contributed by atoms with E-state index in [1.54, 1.807) is 0 Å². The molecule has 1 aromatic carbocycles. The molecule has 132 valence electrons. The fourth-order valence-corrected chi connectivity index (χ4v) is 3.36. The molecule has 1 saturated heterocycles. The highest BCUT2D eigenvalue weighted by Crippen LogP contribution is 2.20. The van der Waals surface area contributed by atoms with Crippen LogP contribution in [0.15, 0.2) is 42.6 Å². The number of nitrogens with one attached hydrogen (secondary N) is 1. The molecule has 0 aliphatic carbocycles. The van der Waals surface area contributed by atoms with Crippen molar-refractivity contribution in [3.8, 4) is 0 Å². The first-order valence-electron chi connectivity index (χ1n) is 8.87. The number of benzene rings is 1. The number of aryl methyl sites for hydroxylation is 1. The molecule has 1 amide bonds. The number of rotatable bonds is 6. The van der Waals surface area contributed by atoms with E-state index in [0.29, 0.717) is 6.54 Å². The zero-order valence-electron chi connectivity index (χ0n) is 14.7. The Morgan fingerprint density at radius 3 is 3.04 bits per heavy atom. The number of carbonyl (C=O) groups is 1. The molecule has 0 radical (unpaired) electrons. The van der Waals surface area contributed by atoms with Gasteiger partial charge in [-0.25, -0.2) is 0 Å². The minimum absolute atomic E-state index is 0.0119. The van der Waals surface area contributed by atoms with Crippen LogP contribution in [0.1, 0.15) is 29.7 Å². The summed E-state index contributed by atoms with van der Waals surface area (Å²) in [5, 5.41) is 3.45. The van der Waals surface area contributed by atoms with Crippen LogP contribution >= 0.6 is 0 Å². The van der Waals surface area contributed by atoms with Gasteiger partial charge in [-0.2, -0.15) is 0 Å². The minimum Gasteiger partial charge on any atom is -0.379 e. The van der Waals surface area contributed by atoms with E-state index in [4.69, 9.17) is 5.73 Å². The normalized spacial score (nSPS) is 18.0. The summed E-state index contributed by atoms with van der Waals surface area (Å²) < 4.78 is 0. The van der Waals surface area contributed by atoms with Crippen molar-refractivity contribution in [2.75, 3.05) is 18.4 Å². The van der Waals surface area contributed by atoms with Crippen molar-refractivity contribution in [2.24, 2.45) is 11.7 Å². The number of hydrogen-bond donors (Lipinski definition) is 2. The number of anilines is 1. The summed E-state index contributed by atoms with van der Waals surface area (Å²) in [5.74, 6) is -0.187. The number of nitrogens with zero attached hydrogens (tertiary/aromatic N) is 2. The Morgan fingerprint density at radius 1 is 1.36 bits per heavy atom. The van der Waals surface area contributed by atoms with Crippen molar-refractivity contribution in [2.45, 2.75) is 32.9 Å². The molecule has 1 aliphatic heterocycles. The molecule has 0 saturated carbocycles. The van der Waals surface area contributed by atoms with Gasteiger partial charge in [0.1, 0.15) is 0 Å². The molecule has 3 rings (SSSR count). The molecule has 0 spiro atoms. The van der Waals surface area contributed by atoms with E-state index in [9.17, 15) is 4.79 Å². The molecule has 5 nitrogen and oxygen atoms in total. The summed E-state index contributed by atoms with van der Waals surface area (Å²) in [6.07, 6.45) is 3.77. The number of piperidine rings is 1. The molecule has 1 aliphatic rings. The molecule has 3 N–H and O–H groups in total. The second-order valence-electron chi connectivity index (χ2n) is 6.80. The van der Waals surface area contributed by atoms with Crippen molar-refractivity contribution >= 4 is 11.6 Å². The average Bonchev–Trinajstić information content (AvgIpc) is 2.61. The molecule has 1 atom stereocenters. The van der Waals surface area contributed by atoms with E-state index in [1.165, 1.54) is 11.1 Å². The van der Waals surface area contributed by atoms with E-state index in [-0.39, 0.29) is 11.8 Å². The average molecular weight is 338 g/mol. The quantitative estimate of drug-likeness (QED) is 0.849. The summed E-state index contributed by atoms with van der Waals surface area (Å²) in [6.45, 7) is 5.42. The SMILES string of the molecule is Cc1cccnc1CNc1cccc(CN2CCC[C@@H](C(N)=O)C2)c1. The van der Waals surface area contributed by atoms with Crippen molar-refractivity contribution in [3.05, 3.63) is 59.4 Å². The Balaban J connectivity index is 1.59. The third kappa shape index (κ3) is 4.79. The van der Waals surface area contributed by atoms with Gasteiger partial charge in [-0.05, 0) is 55.6 Å². The Labute approximate surface area is 149 Å². The van der Waals surface area contributed by atoms with Crippen LogP contribution in [0.5, 0.6) is 0 Å². The number of aromatic nitrogens is 1. The monoisotopic (exact) mass is 338 g/mol. The second kappa shape index (κ2) is 8.12. The van der Waals surface area contributed by atoms with Crippen molar-refractivity contribution < 1.29 is 4.79 Å². The topological polar surface area (TPSA) is 71.2 Å². The van der Waals surface area contributed by atoms with Crippen LogP contribution in [-0.4, -0.2) is 28.9 Å². The predicted molar refractivity (Wildman–Crippen MR) is 99.9 cm³/mol. The first-order chi connectivity index (χ1) is 12.1. The summed E-state index contributed by atoms with van der Waals surface area (Å²) >= 11 is 0. The number of nitrogens with two attached hydrogens (primary N) is 1. The van der Waals surface area contributed by atoms with Crippen molar-refractivity contribution in [1.29, 1.82) is 0 Å². The third-order valence-electron chi connectivity index (χ3n) is 4.82. The van der Waals surface area contributed by atoms with Gasteiger partial charge in [0.2, 0.25) is 5.91 Å². The van der Waals surface area contributed by atoms with Crippen molar-refractivity contribution in [3.63, 3.8) is 0 Å². The van der Waals surface area contributed by atoms with Crippen LogP contribution < -0.4 is 11.1 Å². The lowest BCUT2D eigenvalue weighted by molar-refractivity contribution is -0.123. The van der Waals surface area contributed by atoms with Gasteiger partial charge in [-0.3, -0.25) is 14.7 Å². The third-order valence-corrected chi connectivity index (χ3v) is 4.82. The van der Waals surface area contributed by atoms with E-state index < -0.39 is 0 Å². The maximum Gasteiger partial charge on any atom is 0.221 e. The number of pyridine rings is 1. The van der Waals surface area contributed by atoms with Crippen LogP contribution in [-0.2, 0) is 17.9 Å². The fraction of sp³-hybridized carbons (Fsp3) is 0.400. The molecule has 2 heterocycles. The fourth-order valence-electron chi connectivity index (χ4n) is 3.36. The largest absolute Gasteiger partial charge is 0.379 e. The van der Waals surface area contributed by atoms with Gasteiger partial charge in [0.25, 0.3) is 0 Å². The summed E-state index contributed by atoms with van der Waals surface area (Å²) in [6, 6.07) is 12.5. The van der Waals surface area contributed by atoms with Crippen LogP contribution in [0.25, 0.3) is 0 Å². The van der Waals surface area contributed by atoms with Gasteiger partial charge in [-0.1, -0.05) is 18.2 Å². The maximum atomic E-state index is 11.4. The zero-order chi connectivity index (χ0) is 17.6. The van der Waals surface area contributed by atoms with Crippen molar-refractivity contribution in [1.82, 2.24) is 9.88 Å². The van der Waals surface area contributed by atoms with Gasteiger partial charge in [0.05, 0.1) is 18.2 Å². The van der Waals surface area contributed by atoms with Gasteiger partial charge in [0.15, 0.2) is 0 Å². The Bertz CT molecular complexity index is 731. The lowest BCUT2D eigenvalue weighted by Crippen LogP contribution is -2.40. The lowest BCUT2D eigenvalue weighted by atomic mass is 9.97. The van der Waals surface area contributed by atoms with Gasteiger partial charge >= 0.3 is 0 Å².